The van der Waals surface area contributed by atoms with Crippen LogP contribution in [0, 0.1) is 0 Å². The van der Waals surface area contributed by atoms with Crippen LogP contribution < -0.4 is 4.90 Å². The van der Waals surface area contributed by atoms with Gasteiger partial charge in [0, 0.05) is 24.5 Å². The summed E-state index contributed by atoms with van der Waals surface area (Å²) in [4.78, 5) is 21.7. The van der Waals surface area contributed by atoms with Gasteiger partial charge < -0.3 is 4.90 Å². The minimum absolute atomic E-state index is 0. The predicted octanol–water partition coefficient (Wildman–Crippen LogP) is 5.56. The standard InChI is InChI=1S/C22H25Cl2N3O3S2.ClH/c1-3-26(4-2)13-14-27(22-25-21-18(24)6-5-7-19(21)31-22)20(28)12-15-32(29,30)17-10-8-16(23)9-11-17;/h5-11H,3-4,12-15H2,1-2H3;1H. The molecule has 1 heterocycles. The lowest BCUT2D eigenvalue weighted by molar-refractivity contribution is -0.118. The number of carbonyl (C=O) groups excluding carboxylic acids is 1. The van der Waals surface area contributed by atoms with Crippen LogP contribution in [-0.4, -0.2) is 56.1 Å². The van der Waals surface area contributed by atoms with Crippen LogP contribution in [0.3, 0.4) is 0 Å². The van der Waals surface area contributed by atoms with Gasteiger partial charge in [0.25, 0.3) is 0 Å². The van der Waals surface area contributed by atoms with Gasteiger partial charge in [-0.3, -0.25) is 9.69 Å². The Morgan fingerprint density at radius 3 is 2.30 bits per heavy atom. The van der Waals surface area contributed by atoms with Gasteiger partial charge in [-0.1, -0.05) is 54.5 Å². The van der Waals surface area contributed by atoms with E-state index in [2.05, 4.69) is 23.7 Å². The molecule has 0 N–H and O–H groups in total. The van der Waals surface area contributed by atoms with Gasteiger partial charge in [-0.15, -0.1) is 12.4 Å². The monoisotopic (exact) mass is 549 g/mol. The van der Waals surface area contributed by atoms with E-state index in [4.69, 9.17) is 23.2 Å². The number of para-hydroxylation sites is 1. The number of anilines is 1. The Morgan fingerprint density at radius 1 is 1.03 bits per heavy atom. The summed E-state index contributed by atoms with van der Waals surface area (Å²) in [7, 11) is -3.61. The second-order valence-electron chi connectivity index (χ2n) is 7.18. The van der Waals surface area contributed by atoms with Gasteiger partial charge in [-0.25, -0.2) is 13.4 Å². The van der Waals surface area contributed by atoms with Gasteiger partial charge in [-0.2, -0.15) is 0 Å². The summed E-state index contributed by atoms with van der Waals surface area (Å²) in [6, 6.07) is 11.5. The molecule has 1 amide bonds. The van der Waals surface area contributed by atoms with E-state index >= 15 is 0 Å². The molecule has 0 aliphatic rings. The summed E-state index contributed by atoms with van der Waals surface area (Å²) >= 11 is 13.5. The van der Waals surface area contributed by atoms with E-state index in [1.54, 1.807) is 11.0 Å². The largest absolute Gasteiger partial charge is 0.302 e. The molecular weight excluding hydrogens is 525 g/mol. The number of sulfone groups is 1. The number of thiazole rings is 1. The molecule has 33 heavy (non-hydrogen) atoms. The summed E-state index contributed by atoms with van der Waals surface area (Å²) < 4.78 is 26.3. The maximum absolute atomic E-state index is 13.2. The Labute approximate surface area is 214 Å². The third-order valence-corrected chi connectivity index (χ3v) is 8.51. The van der Waals surface area contributed by atoms with E-state index in [0.29, 0.717) is 33.8 Å². The van der Waals surface area contributed by atoms with Crippen LogP contribution >= 0.6 is 46.9 Å². The van der Waals surface area contributed by atoms with Gasteiger partial charge in [0.1, 0.15) is 5.52 Å². The molecule has 3 rings (SSSR count). The molecule has 0 saturated carbocycles. The van der Waals surface area contributed by atoms with Gasteiger partial charge in [0.05, 0.1) is 20.4 Å². The summed E-state index contributed by atoms with van der Waals surface area (Å²) in [6.45, 7) is 6.91. The zero-order valence-electron chi connectivity index (χ0n) is 18.3. The van der Waals surface area contributed by atoms with Crippen molar-refractivity contribution in [2.75, 3.05) is 36.8 Å². The first-order chi connectivity index (χ1) is 15.2. The number of hydrogen-bond acceptors (Lipinski definition) is 6. The predicted molar refractivity (Wildman–Crippen MR) is 140 cm³/mol. The van der Waals surface area contributed by atoms with E-state index in [1.807, 2.05) is 12.1 Å². The van der Waals surface area contributed by atoms with Crippen molar-refractivity contribution in [2.24, 2.45) is 0 Å². The Morgan fingerprint density at radius 2 is 1.70 bits per heavy atom. The third-order valence-electron chi connectivity index (χ3n) is 5.18. The van der Waals surface area contributed by atoms with E-state index in [-0.39, 0.29) is 35.4 Å². The normalized spacial score (nSPS) is 11.5. The van der Waals surface area contributed by atoms with Gasteiger partial charge in [0.15, 0.2) is 15.0 Å². The van der Waals surface area contributed by atoms with Crippen molar-refractivity contribution in [3.05, 3.63) is 52.5 Å². The molecule has 0 unspecified atom stereocenters. The molecule has 11 heteroatoms. The van der Waals surface area contributed by atoms with Crippen LogP contribution in [0.2, 0.25) is 10.0 Å². The van der Waals surface area contributed by atoms with Crippen molar-refractivity contribution in [3.8, 4) is 0 Å². The number of benzene rings is 2. The summed E-state index contributed by atoms with van der Waals surface area (Å²) in [5, 5.41) is 1.50. The smallest absolute Gasteiger partial charge is 0.229 e. The van der Waals surface area contributed by atoms with E-state index < -0.39 is 9.84 Å². The zero-order chi connectivity index (χ0) is 23.3. The first kappa shape index (κ1) is 27.8. The maximum atomic E-state index is 13.2. The number of rotatable bonds is 10. The SMILES string of the molecule is CCN(CC)CCN(C(=O)CCS(=O)(=O)c1ccc(Cl)cc1)c1nc2c(Cl)cccc2s1.Cl. The van der Waals surface area contributed by atoms with Crippen LogP contribution in [-0.2, 0) is 14.6 Å². The Hall–Kier alpha value is -1.42. The van der Waals surface area contributed by atoms with Gasteiger partial charge in [0.2, 0.25) is 5.91 Å². The molecule has 0 atom stereocenters. The molecule has 3 aromatic rings. The van der Waals surface area contributed by atoms with Crippen molar-refractivity contribution in [3.63, 3.8) is 0 Å². The minimum Gasteiger partial charge on any atom is -0.302 e. The molecule has 1 aromatic heterocycles. The van der Waals surface area contributed by atoms with Crippen molar-refractivity contribution in [1.29, 1.82) is 0 Å². The molecule has 0 aliphatic heterocycles. The lowest BCUT2D eigenvalue weighted by Gasteiger charge is -2.24. The fourth-order valence-corrected chi connectivity index (χ4v) is 5.91. The van der Waals surface area contributed by atoms with Crippen molar-refractivity contribution in [2.45, 2.75) is 25.2 Å². The lowest BCUT2D eigenvalue weighted by atomic mass is 10.3. The average Bonchev–Trinajstić information content (AvgIpc) is 3.21. The van der Waals surface area contributed by atoms with Crippen LogP contribution in [0.1, 0.15) is 20.3 Å². The number of nitrogens with zero attached hydrogens (tertiary/aromatic N) is 3. The molecule has 180 valence electrons. The number of fused-ring (bicyclic) bond motifs is 1. The molecule has 0 bridgehead atoms. The van der Waals surface area contributed by atoms with Crippen molar-refractivity contribution < 1.29 is 13.2 Å². The number of aromatic nitrogens is 1. The average molecular weight is 551 g/mol. The van der Waals surface area contributed by atoms with E-state index in [1.165, 1.54) is 35.6 Å². The number of hydrogen-bond donors (Lipinski definition) is 0. The highest BCUT2D eigenvalue weighted by Gasteiger charge is 2.24. The van der Waals surface area contributed by atoms with Gasteiger partial charge in [-0.05, 0) is 49.5 Å². The number of carbonyl (C=O) groups is 1. The molecular formula is C22H26Cl3N3O3S2. The highest BCUT2D eigenvalue weighted by atomic mass is 35.5. The van der Waals surface area contributed by atoms with Crippen LogP contribution in [0.4, 0.5) is 5.13 Å². The Balaban J connectivity index is 0.00000385. The first-order valence-electron chi connectivity index (χ1n) is 10.3. The zero-order valence-corrected chi connectivity index (χ0v) is 22.3. The molecule has 0 spiro atoms. The fraction of sp³-hybridized carbons (Fsp3) is 0.364. The van der Waals surface area contributed by atoms with Crippen LogP contribution in [0.5, 0.6) is 0 Å². The number of likely N-dealkylation sites (N-methyl/N-ethyl adjacent to an activating group) is 1. The minimum atomic E-state index is -3.61. The van der Waals surface area contributed by atoms with Crippen LogP contribution in [0.15, 0.2) is 47.4 Å². The van der Waals surface area contributed by atoms with Crippen molar-refractivity contribution >= 4 is 78.0 Å². The second kappa shape index (κ2) is 12.3. The highest BCUT2D eigenvalue weighted by Crippen LogP contribution is 2.33. The molecule has 6 nitrogen and oxygen atoms in total. The summed E-state index contributed by atoms with van der Waals surface area (Å²) in [5.41, 5.74) is 0.642. The molecule has 2 aromatic carbocycles. The van der Waals surface area contributed by atoms with E-state index in [9.17, 15) is 13.2 Å². The number of amides is 1. The lowest BCUT2D eigenvalue weighted by Crippen LogP contribution is -2.39. The number of halogens is 3. The molecule has 0 aliphatic carbocycles. The molecule has 0 fully saturated rings. The third kappa shape index (κ3) is 7.04. The van der Waals surface area contributed by atoms with E-state index in [0.717, 1.165) is 17.8 Å². The summed E-state index contributed by atoms with van der Waals surface area (Å²) in [5.74, 6) is -0.578. The highest BCUT2D eigenvalue weighted by molar-refractivity contribution is 7.91. The quantitative estimate of drug-likeness (QED) is 0.330. The first-order valence-corrected chi connectivity index (χ1v) is 13.5. The van der Waals surface area contributed by atoms with Crippen LogP contribution in [0.25, 0.3) is 10.2 Å². The molecule has 0 saturated heterocycles. The fourth-order valence-electron chi connectivity index (χ4n) is 3.24. The Bertz CT molecular complexity index is 1180. The summed E-state index contributed by atoms with van der Waals surface area (Å²) in [6.07, 6.45) is -0.146. The van der Waals surface area contributed by atoms with Gasteiger partial charge >= 0.3 is 0 Å². The topological polar surface area (TPSA) is 70.6 Å². The molecule has 0 radical (unpaired) electrons. The maximum Gasteiger partial charge on any atom is 0.229 e. The van der Waals surface area contributed by atoms with Crippen molar-refractivity contribution in [1.82, 2.24) is 9.88 Å². The Kier molecular flexibility index (Phi) is 10.4. The second-order valence-corrected chi connectivity index (χ2v) is 11.1.